The third kappa shape index (κ3) is 17.9. The van der Waals surface area contributed by atoms with E-state index in [1.54, 1.807) is 0 Å². The van der Waals surface area contributed by atoms with Crippen LogP contribution < -0.4 is 0 Å². The highest BCUT2D eigenvalue weighted by Gasteiger charge is 2.13. The first-order chi connectivity index (χ1) is 10.5. The third-order valence-electron chi connectivity index (χ3n) is 4.04. The van der Waals surface area contributed by atoms with Gasteiger partial charge in [-0.05, 0) is 6.42 Å². The number of rotatable bonds is 16. The molecule has 2 N–H and O–H groups in total. The van der Waals surface area contributed by atoms with Gasteiger partial charge in [-0.15, -0.1) is 0 Å². The number of aliphatic hydroxyl groups excluding tert-OH is 1. The van der Waals surface area contributed by atoms with E-state index in [9.17, 15) is 13.5 Å². The molecule has 0 aromatic heterocycles. The summed E-state index contributed by atoms with van der Waals surface area (Å²) >= 11 is 0. The van der Waals surface area contributed by atoms with Crippen LogP contribution in [0.4, 0.5) is 0 Å². The number of aliphatic hydroxyl groups is 1. The molecule has 0 aliphatic carbocycles. The van der Waals surface area contributed by atoms with E-state index in [2.05, 4.69) is 6.92 Å². The molecule has 0 bridgehead atoms. The fourth-order valence-corrected chi connectivity index (χ4v) is 3.38. The van der Waals surface area contributed by atoms with Gasteiger partial charge in [0.2, 0.25) is 0 Å². The Bertz CT molecular complexity index is 328. The van der Waals surface area contributed by atoms with Crippen molar-refractivity contribution in [3.8, 4) is 0 Å². The van der Waals surface area contributed by atoms with Crippen LogP contribution in [0.1, 0.15) is 96.8 Å². The Morgan fingerprint density at radius 1 is 0.727 bits per heavy atom. The van der Waals surface area contributed by atoms with Crippen molar-refractivity contribution in [2.24, 2.45) is 0 Å². The molecule has 0 fully saturated rings. The van der Waals surface area contributed by atoms with Crippen LogP contribution in [0.2, 0.25) is 0 Å². The summed E-state index contributed by atoms with van der Waals surface area (Å²) in [5.74, 6) is -0.536. The normalized spacial score (nSPS) is 13.4. The Hall–Kier alpha value is -0.130. The molecule has 0 amide bonds. The monoisotopic (exact) mass is 336 g/mol. The molecule has 0 spiro atoms. The predicted molar refractivity (Wildman–Crippen MR) is 92.7 cm³/mol. The minimum Gasteiger partial charge on any atom is -0.392 e. The lowest BCUT2D eigenvalue weighted by atomic mass is 10.0. The SMILES string of the molecule is CCCCCCCCCCCCCCC[C@@H](O)CS(=O)(=O)O. The zero-order valence-corrected chi connectivity index (χ0v) is 15.1. The largest absolute Gasteiger partial charge is 0.392 e. The van der Waals surface area contributed by atoms with Crippen molar-refractivity contribution in [3.05, 3.63) is 0 Å². The third-order valence-corrected chi connectivity index (χ3v) is 4.85. The highest BCUT2D eigenvalue weighted by atomic mass is 32.2. The molecule has 0 heterocycles. The first-order valence-electron chi connectivity index (χ1n) is 9.09. The van der Waals surface area contributed by atoms with Crippen LogP contribution in [0.5, 0.6) is 0 Å². The zero-order valence-electron chi connectivity index (χ0n) is 14.3. The second-order valence-corrected chi connectivity index (χ2v) is 7.93. The van der Waals surface area contributed by atoms with Crippen molar-refractivity contribution < 1.29 is 18.1 Å². The molecule has 0 aliphatic heterocycles. The van der Waals surface area contributed by atoms with E-state index in [1.807, 2.05) is 0 Å². The number of unbranched alkanes of at least 4 members (excludes halogenated alkanes) is 12. The smallest absolute Gasteiger partial charge is 0.267 e. The topological polar surface area (TPSA) is 74.6 Å². The molecule has 0 rings (SSSR count). The van der Waals surface area contributed by atoms with Gasteiger partial charge in [0.25, 0.3) is 10.1 Å². The predicted octanol–water partition coefficient (Wildman–Crippen LogP) is 4.72. The molecule has 0 aliphatic rings. The van der Waals surface area contributed by atoms with Crippen molar-refractivity contribution in [1.29, 1.82) is 0 Å². The Kier molecular flexibility index (Phi) is 14.4. The highest BCUT2D eigenvalue weighted by molar-refractivity contribution is 7.85. The summed E-state index contributed by atoms with van der Waals surface area (Å²) in [5.41, 5.74) is 0. The van der Waals surface area contributed by atoms with Crippen LogP contribution in [0, 0.1) is 0 Å². The van der Waals surface area contributed by atoms with Crippen molar-refractivity contribution in [2.45, 2.75) is 103 Å². The van der Waals surface area contributed by atoms with Crippen LogP contribution in [0.3, 0.4) is 0 Å². The van der Waals surface area contributed by atoms with Crippen molar-refractivity contribution in [3.63, 3.8) is 0 Å². The van der Waals surface area contributed by atoms with Gasteiger partial charge < -0.3 is 5.11 Å². The minimum absolute atomic E-state index is 0.456. The van der Waals surface area contributed by atoms with E-state index < -0.39 is 22.0 Å². The van der Waals surface area contributed by atoms with Crippen LogP contribution in [-0.4, -0.2) is 29.9 Å². The molecule has 5 heteroatoms. The lowest BCUT2D eigenvalue weighted by Crippen LogP contribution is -2.19. The molecule has 4 nitrogen and oxygen atoms in total. The van der Waals surface area contributed by atoms with Gasteiger partial charge in [-0.25, -0.2) is 0 Å². The van der Waals surface area contributed by atoms with E-state index in [0.29, 0.717) is 6.42 Å². The van der Waals surface area contributed by atoms with Gasteiger partial charge >= 0.3 is 0 Å². The average Bonchev–Trinajstić information content (AvgIpc) is 2.42. The lowest BCUT2D eigenvalue weighted by Gasteiger charge is -2.08. The standard InChI is InChI=1S/C17H36O4S/c1-2-3-4-5-6-7-8-9-10-11-12-13-14-15-17(18)16-22(19,20)21/h17-18H,2-16H2,1H3,(H,19,20,21)/t17-/m1/s1. The maximum Gasteiger partial charge on any atom is 0.267 e. The summed E-state index contributed by atoms with van der Waals surface area (Å²) < 4.78 is 29.7. The number of hydrogen-bond donors (Lipinski definition) is 2. The molecule has 0 aromatic carbocycles. The van der Waals surface area contributed by atoms with Gasteiger partial charge in [-0.2, -0.15) is 8.42 Å². The van der Waals surface area contributed by atoms with Gasteiger partial charge in [0, 0.05) is 0 Å². The van der Waals surface area contributed by atoms with Crippen LogP contribution >= 0.6 is 0 Å². The molecular weight excluding hydrogens is 300 g/mol. The Balaban J connectivity index is 3.17. The Labute approximate surface area is 137 Å². The molecule has 22 heavy (non-hydrogen) atoms. The summed E-state index contributed by atoms with van der Waals surface area (Å²) in [4.78, 5) is 0. The fraction of sp³-hybridized carbons (Fsp3) is 1.00. The molecular formula is C17H36O4S. The Morgan fingerprint density at radius 3 is 1.45 bits per heavy atom. The van der Waals surface area contributed by atoms with Gasteiger partial charge in [-0.3, -0.25) is 4.55 Å². The summed E-state index contributed by atoms with van der Waals surface area (Å²) in [5, 5.41) is 9.42. The van der Waals surface area contributed by atoms with E-state index in [1.165, 1.54) is 64.2 Å². The van der Waals surface area contributed by atoms with Crippen LogP contribution in [0.25, 0.3) is 0 Å². The summed E-state index contributed by atoms with van der Waals surface area (Å²) in [7, 11) is -4.04. The lowest BCUT2D eigenvalue weighted by molar-refractivity contribution is 0.180. The van der Waals surface area contributed by atoms with Gasteiger partial charge in [0.1, 0.15) is 5.75 Å². The second-order valence-electron chi connectivity index (χ2n) is 6.43. The maximum absolute atomic E-state index is 10.6. The van der Waals surface area contributed by atoms with E-state index in [0.717, 1.165) is 19.3 Å². The van der Waals surface area contributed by atoms with Gasteiger partial charge in [0.15, 0.2) is 0 Å². The maximum atomic E-state index is 10.6. The van der Waals surface area contributed by atoms with E-state index in [-0.39, 0.29) is 0 Å². The summed E-state index contributed by atoms with van der Waals surface area (Å²) in [6.45, 7) is 2.25. The Morgan fingerprint density at radius 2 is 1.09 bits per heavy atom. The highest BCUT2D eigenvalue weighted by Crippen LogP contribution is 2.13. The molecule has 0 aromatic rings. The van der Waals surface area contributed by atoms with Crippen LogP contribution in [0.15, 0.2) is 0 Å². The molecule has 0 saturated carbocycles. The summed E-state index contributed by atoms with van der Waals surface area (Å²) in [6.07, 6.45) is 15.9. The van der Waals surface area contributed by atoms with E-state index in [4.69, 9.17) is 4.55 Å². The minimum atomic E-state index is -4.04. The first-order valence-corrected chi connectivity index (χ1v) is 10.7. The van der Waals surface area contributed by atoms with Crippen LogP contribution in [-0.2, 0) is 10.1 Å². The molecule has 0 radical (unpaired) electrons. The number of hydrogen-bond acceptors (Lipinski definition) is 3. The molecule has 0 saturated heterocycles. The van der Waals surface area contributed by atoms with Gasteiger partial charge in [-0.1, -0.05) is 90.4 Å². The zero-order chi connectivity index (χ0) is 16.7. The fourth-order valence-electron chi connectivity index (χ4n) is 2.72. The first kappa shape index (κ1) is 21.9. The quantitative estimate of drug-likeness (QED) is 0.316. The van der Waals surface area contributed by atoms with Crippen molar-refractivity contribution in [2.75, 3.05) is 5.75 Å². The average molecular weight is 337 g/mol. The second kappa shape index (κ2) is 14.5. The molecule has 1 atom stereocenters. The van der Waals surface area contributed by atoms with Crippen molar-refractivity contribution in [1.82, 2.24) is 0 Å². The van der Waals surface area contributed by atoms with E-state index >= 15 is 0 Å². The summed E-state index contributed by atoms with van der Waals surface area (Å²) in [6, 6.07) is 0. The van der Waals surface area contributed by atoms with Crippen molar-refractivity contribution >= 4 is 10.1 Å². The molecule has 0 unspecified atom stereocenters. The molecule has 134 valence electrons. The van der Waals surface area contributed by atoms with Gasteiger partial charge in [0.05, 0.1) is 6.10 Å².